The summed E-state index contributed by atoms with van der Waals surface area (Å²) >= 11 is 0. The van der Waals surface area contributed by atoms with Gasteiger partial charge in [-0.25, -0.2) is 0 Å². The van der Waals surface area contributed by atoms with Crippen LogP contribution in [-0.4, -0.2) is 50.5 Å². The molecule has 0 aromatic carbocycles. The fourth-order valence-corrected chi connectivity index (χ4v) is 2.31. The summed E-state index contributed by atoms with van der Waals surface area (Å²) in [6.07, 6.45) is 2.60. The van der Waals surface area contributed by atoms with Crippen LogP contribution in [0.15, 0.2) is 0 Å². The Bertz CT molecular complexity index is 264. The lowest BCUT2D eigenvalue weighted by Crippen LogP contribution is -2.46. The van der Waals surface area contributed by atoms with Gasteiger partial charge in [0, 0.05) is 32.2 Å². The fraction of sp³-hybridized carbons (Fsp3) is 0.917. The number of morpholine rings is 1. The largest absolute Gasteiger partial charge is 0.378 e. The zero-order valence-corrected chi connectivity index (χ0v) is 11.7. The van der Waals surface area contributed by atoms with Crippen LogP contribution in [-0.2, 0) is 14.3 Å². The van der Waals surface area contributed by atoms with E-state index in [1.807, 2.05) is 0 Å². The molecule has 1 amide bonds. The normalized spacial score (nSPS) is 31.7. The number of rotatable bonds is 4. The molecule has 2 aliphatic heterocycles. The molecule has 106 valence electrons. The summed E-state index contributed by atoms with van der Waals surface area (Å²) in [4.78, 5) is 11.7. The molecule has 0 aromatic rings. The molecule has 0 aliphatic carbocycles. The van der Waals surface area contributed by atoms with Gasteiger partial charge in [-0.2, -0.15) is 0 Å². The average molecular weight is 279 g/mol. The van der Waals surface area contributed by atoms with Crippen molar-refractivity contribution in [2.24, 2.45) is 0 Å². The second-order valence-electron chi connectivity index (χ2n) is 5.11. The van der Waals surface area contributed by atoms with Crippen molar-refractivity contribution in [1.82, 2.24) is 10.6 Å². The minimum absolute atomic E-state index is 0. The Hall–Kier alpha value is -0.360. The fourth-order valence-electron chi connectivity index (χ4n) is 2.31. The maximum absolute atomic E-state index is 11.7. The first-order valence-corrected chi connectivity index (χ1v) is 6.40. The van der Waals surface area contributed by atoms with Gasteiger partial charge in [-0.1, -0.05) is 0 Å². The van der Waals surface area contributed by atoms with E-state index in [1.165, 1.54) is 0 Å². The molecule has 0 bridgehead atoms. The van der Waals surface area contributed by atoms with Crippen LogP contribution < -0.4 is 10.6 Å². The number of nitrogens with one attached hydrogen (secondary N) is 2. The first kappa shape index (κ1) is 15.7. The number of carbonyl (C=O) groups is 1. The quantitative estimate of drug-likeness (QED) is 0.785. The summed E-state index contributed by atoms with van der Waals surface area (Å²) in [5.41, 5.74) is -0.161. The highest BCUT2D eigenvalue weighted by Gasteiger charge is 2.30. The summed E-state index contributed by atoms with van der Waals surface area (Å²) in [5, 5.41) is 6.22. The van der Waals surface area contributed by atoms with Crippen LogP contribution in [0.2, 0.25) is 0 Å². The van der Waals surface area contributed by atoms with Gasteiger partial charge in [0.1, 0.15) is 0 Å². The minimum Gasteiger partial charge on any atom is -0.378 e. The van der Waals surface area contributed by atoms with Crippen LogP contribution in [0, 0.1) is 0 Å². The first-order valence-electron chi connectivity index (χ1n) is 6.40. The molecule has 18 heavy (non-hydrogen) atoms. The maximum Gasteiger partial charge on any atom is 0.221 e. The third kappa shape index (κ3) is 4.72. The van der Waals surface area contributed by atoms with E-state index in [9.17, 15) is 4.79 Å². The van der Waals surface area contributed by atoms with E-state index < -0.39 is 0 Å². The molecule has 2 atom stereocenters. The van der Waals surface area contributed by atoms with E-state index in [0.29, 0.717) is 19.6 Å². The van der Waals surface area contributed by atoms with Gasteiger partial charge in [0.15, 0.2) is 0 Å². The molecule has 2 saturated heterocycles. The lowest BCUT2D eigenvalue weighted by Gasteiger charge is -2.26. The van der Waals surface area contributed by atoms with Crippen molar-refractivity contribution < 1.29 is 14.3 Å². The Morgan fingerprint density at radius 2 is 2.33 bits per heavy atom. The van der Waals surface area contributed by atoms with Crippen LogP contribution >= 0.6 is 12.4 Å². The Balaban J connectivity index is 0.00000162. The van der Waals surface area contributed by atoms with Crippen LogP contribution in [0.1, 0.15) is 26.2 Å². The molecule has 0 radical (unpaired) electrons. The zero-order chi connectivity index (χ0) is 12.1. The van der Waals surface area contributed by atoms with Gasteiger partial charge in [-0.15, -0.1) is 12.4 Å². The Morgan fingerprint density at radius 1 is 1.50 bits per heavy atom. The van der Waals surface area contributed by atoms with Crippen molar-refractivity contribution >= 4 is 18.3 Å². The Morgan fingerprint density at radius 3 is 2.94 bits per heavy atom. The second-order valence-corrected chi connectivity index (χ2v) is 5.11. The van der Waals surface area contributed by atoms with Crippen LogP contribution in [0.4, 0.5) is 0 Å². The van der Waals surface area contributed by atoms with Gasteiger partial charge in [-0.05, 0) is 19.8 Å². The highest BCUT2D eigenvalue weighted by molar-refractivity contribution is 5.85. The molecule has 2 unspecified atom stereocenters. The number of hydrogen-bond donors (Lipinski definition) is 2. The maximum atomic E-state index is 11.7. The molecular formula is C12H23ClN2O3. The van der Waals surface area contributed by atoms with Gasteiger partial charge in [-0.3, -0.25) is 4.79 Å². The molecule has 2 aliphatic rings. The van der Waals surface area contributed by atoms with Gasteiger partial charge >= 0.3 is 0 Å². The molecule has 2 fully saturated rings. The average Bonchev–Trinajstić information content (AvgIpc) is 2.76. The van der Waals surface area contributed by atoms with Crippen LogP contribution in [0.25, 0.3) is 0 Å². The number of hydrogen-bond acceptors (Lipinski definition) is 4. The third-order valence-corrected chi connectivity index (χ3v) is 3.39. The number of carbonyl (C=O) groups excluding carboxylic acids is 1. The first-order chi connectivity index (χ1) is 8.18. The van der Waals surface area contributed by atoms with E-state index in [4.69, 9.17) is 9.47 Å². The van der Waals surface area contributed by atoms with E-state index in [2.05, 4.69) is 17.6 Å². The van der Waals surface area contributed by atoms with E-state index in [1.54, 1.807) is 0 Å². The molecule has 2 heterocycles. The van der Waals surface area contributed by atoms with Crippen molar-refractivity contribution in [2.75, 3.05) is 32.9 Å². The zero-order valence-electron chi connectivity index (χ0n) is 10.9. The number of ether oxygens (including phenoxy) is 2. The number of amides is 1. The monoisotopic (exact) mass is 278 g/mol. The molecule has 2 rings (SSSR count). The predicted octanol–water partition coefficient (Wildman–Crippen LogP) is 0.472. The van der Waals surface area contributed by atoms with Crippen molar-refractivity contribution in [2.45, 2.75) is 37.8 Å². The SMILES string of the molecule is CC1(CNC(=O)CC2COCCN2)CCCO1.Cl. The summed E-state index contributed by atoms with van der Waals surface area (Å²) in [6, 6.07) is 0.154. The highest BCUT2D eigenvalue weighted by Crippen LogP contribution is 2.23. The molecule has 2 N–H and O–H groups in total. The van der Waals surface area contributed by atoms with Gasteiger partial charge in [0.25, 0.3) is 0 Å². The van der Waals surface area contributed by atoms with Crippen molar-refractivity contribution in [3.8, 4) is 0 Å². The Kier molecular flexibility index (Phi) is 6.35. The van der Waals surface area contributed by atoms with Crippen molar-refractivity contribution in [3.63, 3.8) is 0 Å². The molecule has 6 heteroatoms. The van der Waals surface area contributed by atoms with Gasteiger partial charge in [0.2, 0.25) is 5.91 Å². The summed E-state index contributed by atoms with van der Waals surface area (Å²) in [5.74, 6) is 0.0738. The summed E-state index contributed by atoms with van der Waals surface area (Å²) < 4.78 is 10.9. The molecular weight excluding hydrogens is 256 g/mol. The van der Waals surface area contributed by atoms with Crippen molar-refractivity contribution in [1.29, 1.82) is 0 Å². The minimum atomic E-state index is -0.161. The molecule has 0 aromatic heterocycles. The summed E-state index contributed by atoms with van der Waals surface area (Å²) in [6.45, 7) is 5.68. The van der Waals surface area contributed by atoms with Gasteiger partial charge < -0.3 is 20.1 Å². The highest BCUT2D eigenvalue weighted by atomic mass is 35.5. The third-order valence-electron chi connectivity index (χ3n) is 3.39. The molecule has 0 saturated carbocycles. The predicted molar refractivity (Wildman–Crippen MR) is 71.1 cm³/mol. The lowest BCUT2D eigenvalue weighted by atomic mass is 10.0. The van der Waals surface area contributed by atoms with Crippen LogP contribution in [0.5, 0.6) is 0 Å². The van der Waals surface area contributed by atoms with Crippen LogP contribution in [0.3, 0.4) is 0 Å². The Labute approximate surface area is 114 Å². The smallest absolute Gasteiger partial charge is 0.221 e. The standard InChI is InChI=1S/C12H22N2O3.ClH/c1-12(3-2-5-17-12)9-14-11(15)7-10-8-16-6-4-13-10;/h10,13H,2-9H2,1H3,(H,14,15);1H. The summed E-state index contributed by atoms with van der Waals surface area (Å²) in [7, 11) is 0. The van der Waals surface area contributed by atoms with E-state index >= 15 is 0 Å². The van der Waals surface area contributed by atoms with E-state index in [0.717, 1.165) is 32.6 Å². The lowest BCUT2D eigenvalue weighted by molar-refractivity contribution is -0.123. The number of halogens is 1. The van der Waals surface area contributed by atoms with Crippen molar-refractivity contribution in [3.05, 3.63) is 0 Å². The molecule has 0 spiro atoms. The topological polar surface area (TPSA) is 59.6 Å². The van der Waals surface area contributed by atoms with E-state index in [-0.39, 0.29) is 30.0 Å². The van der Waals surface area contributed by atoms with Gasteiger partial charge in [0.05, 0.1) is 18.8 Å². The molecule has 5 nitrogen and oxygen atoms in total. The second kappa shape index (κ2) is 7.28.